The normalized spacial score (nSPS) is 11.5. The lowest BCUT2D eigenvalue weighted by molar-refractivity contribution is 0.669. The molecule has 0 aliphatic heterocycles. The third-order valence-corrected chi connectivity index (χ3v) is 12.9. The minimum absolute atomic E-state index is 0.597. The van der Waals surface area contributed by atoms with Crippen LogP contribution in [0.5, 0.6) is 0 Å². The number of thiophene rings is 1. The zero-order chi connectivity index (χ0) is 41.7. The van der Waals surface area contributed by atoms with Crippen LogP contribution in [-0.2, 0) is 0 Å². The molecule has 0 aliphatic carbocycles. The van der Waals surface area contributed by atoms with E-state index in [2.05, 4.69) is 157 Å². The van der Waals surface area contributed by atoms with Crippen LogP contribution in [0.4, 0.5) is 17.1 Å². The van der Waals surface area contributed by atoms with Crippen LogP contribution >= 0.6 is 11.3 Å². The van der Waals surface area contributed by atoms with Gasteiger partial charge in [0.05, 0.1) is 5.69 Å². The fourth-order valence-corrected chi connectivity index (χ4v) is 10.1. The monoisotopic (exact) mass is 824 g/mol. The Morgan fingerprint density at radius 2 is 0.857 bits per heavy atom. The van der Waals surface area contributed by atoms with E-state index in [1.807, 2.05) is 78.1 Å². The Hall–Kier alpha value is -8.19. The van der Waals surface area contributed by atoms with Gasteiger partial charge in [-0.3, -0.25) is 0 Å². The Morgan fingerprint density at radius 3 is 1.44 bits per heavy atom. The van der Waals surface area contributed by atoms with Crippen LogP contribution in [0, 0.1) is 0 Å². The molecule has 0 bridgehead atoms. The first-order valence-electron chi connectivity index (χ1n) is 21.0. The summed E-state index contributed by atoms with van der Waals surface area (Å²) in [6, 6.07) is 76.4. The number of rotatable bonds is 8. The first-order valence-corrected chi connectivity index (χ1v) is 21.8. The van der Waals surface area contributed by atoms with Crippen LogP contribution in [-0.4, -0.2) is 15.0 Å². The molecule has 5 nitrogen and oxygen atoms in total. The van der Waals surface area contributed by atoms with Crippen molar-refractivity contribution in [2.75, 3.05) is 4.90 Å². The summed E-state index contributed by atoms with van der Waals surface area (Å²) in [6.45, 7) is 0. The molecule has 9 aromatic carbocycles. The van der Waals surface area contributed by atoms with E-state index in [9.17, 15) is 0 Å². The molecule has 12 rings (SSSR count). The van der Waals surface area contributed by atoms with Gasteiger partial charge in [-0.05, 0) is 65.7 Å². The maximum atomic E-state index is 6.33. The second-order valence-corrected chi connectivity index (χ2v) is 16.6. The Labute approximate surface area is 367 Å². The second-order valence-electron chi connectivity index (χ2n) is 15.6. The van der Waals surface area contributed by atoms with Crippen molar-refractivity contribution in [1.29, 1.82) is 0 Å². The molecule has 12 aromatic rings. The summed E-state index contributed by atoms with van der Waals surface area (Å²) < 4.78 is 8.77. The first kappa shape index (κ1) is 36.6. The van der Waals surface area contributed by atoms with Gasteiger partial charge in [-0.2, -0.15) is 0 Å². The molecular formula is C57H36N4OS. The fourth-order valence-electron chi connectivity index (χ4n) is 8.77. The average Bonchev–Trinajstić information content (AvgIpc) is 3.93. The third kappa shape index (κ3) is 6.52. The molecule has 0 amide bonds. The van der Waals surface area contributed by atoms with Crippen LogP contribution in [0.1, 0.15) is 0 Å². The molecule has 3 aromatic heterocycles. The molecule has 6 heteroatoms. The summed E-state index contributed by atoms with van der Waals surface area (Å²) in [7, 11) is 0. The summed E-state index contributed by atoms with van der Waals surface area (Å²) in [5, 5.41) is 4.76. The summed E-state index contributed by atoms with van der Waals surface area (Å²) >= 11 is 1.82. The lowest BCUT2D eigenvalue weighted by Gasteiger charge is -2.31. The first-order chi connectivity index (χ1) is 31.2. The zero-order valence-electron chi connectivity index (χ0n) is 33.9. The lowest BCUT2D eigenvalue weighted by Crippen LogP contribution is -2.13. The third-order valence-electron chi connectivity index (χ3n) is 11.7. The highest BCUT2D eigenvalue weighted by atomic mass is 32.1. The molecule has 0 N–H and O–H groups in total. The van der Waals surface area contributed by atoms with Gasteiger partial charge in [0.1, 0.15) is 11.2 Å². The van der Waals surface area contributed by atoms with Crippen LogP contribution in [0.25, 0.3) is 98.5 Å². The van der Waals surface area contributed by atoms with Gasteiger partial charge in [0.2, 0.25) is 0 Å². The summed E-state index contributed by atoms with van der Waals surface area (Å²) in [5.74, 6) is 1.84. The maximum Gasteiger partial charge on any atom is 0.164 e. The van der Waals surface area contributed by atoms with Crippen LogP contribution < -0.4 is 4.90 Å². The topological polar surface area (TPSA) is 55.1 Å². The number of hydrogen-bond donors (Lipinski definition) is 0. The summed E-state index contributed by atoms with van der Waals surface area (Å²) in [5.41, 5.74) is 11.9. The molecule has 0 aliphatic rings. The van der Waals surface area contributed by atoms with E-state index >= 15 is 0 Å². The number of benzene rings is 9. The van der Waals surface area contributed by atoms with Gasteiger partial charge in [-0.15, -0.1) is 11.3 Å². The molecule has 0 fully saturated rings. The van der Waals surface area contributed by atoms with E-state index in [1.54, 1.807) is 0 Å². The van der Waals surface area contributed by atoms with Gasteiger partial charge in [0.25, 0.3) is 0 Å². The van der Waals surface area contributed by atoms with Crippen molar-refractivity contribution >= 4 is 70.5 Å². The van der Waals surface area contributed by atoms with Crippen molar-refractivity contribution in [3.8, 4) is 56.4 Å². The number of furan rings is 1. The predicted octanol–water partition coefficient (Wildman–Crippen LogP) is 15.9. The van der Waals surface area contributed by atoms with Crippen molar-refractivity contribution < 1.29 is 4.42 Å². The number of nitrogens with zero attached hydrogens (tertiary/aromatic N) is 4. The average molecular weight is 825 g/mol. The molecular weight excluding hydrogens is 789 g/mol. The maximum absolute atomic E-state index is 6.33. The van der Waals surface area contributed by atoms with Crippen molar-refractivity contribution in [3.05, 3.63) is 218 Å². The van der Waals surface area contributed by atoms with E-state index < -0.39 is 0 Å². The Bertz CT molecular complexity index is 3490. The predicted molar refractivity (Wildman–Crippen MR) is 262 cm³/mol. The van der Waals surface area contributed by atoms with E-state index in [0.717, 1.165) is 72.6 Å². The van der Waals surface area contributed by atoms with E-state index in [-0.39, 0.29) is 0 Å². The van der Waals surface area contributed by atoms with Gasteiger partial charge in [0, 0.05) is 70.1 Å². The number of aromatic nitrogens is 3. The SMILES string of the molecule is c1ccc(-c2nc(-c3ccccc3)nc(-c3cc(-c4ccccc4)c(N(c4ccccc4)c4ccc5c(c4)sc4c5ccc5oc6ccccc6c54)c(-c4ccccc4)c3)n2)cc1. The fraction of sp³-hybridized carbons (Fsp3) is 0. The van der Waals surface area contributed by atoms with Gasteiger partial charge < -0.3 is 9.32 Å². The quantitative estimate of drug-likeness (QED) is 0.153. The van der Waals surface area contributed by atoms with Crippen molar-refractivity contribution in [2.24, 2.45) is 0 Å². The molecule has 0 unspecified atom stereocenters. The lowest BCUT2D eigenvalue weighted by atomic mass is 9.91. The highest BCUT2D eigenvalue weighted by molar-refractivity contribution is 7.26. The summed E-state index contributed by atoms with van der Waals surface area (Å²) in [6.07, 6.45) is 0. The van der Waals surface area contributed by atoms with Crippen molar-refractivity contribution in [2.45, 2.75) is 0 Å². The minimum atomic E-state index is 0.597. The molecule has 3 heterocycles. The molecule has 0 radical (unpaired) electrons. The molecule has 63 heavy (non-hydrogen) atoms. The Morgan fingerprint density at radius 1 is 0.365 bits per heavy atom. The minimum Gasteiger partial charge on any atom is -0.456 e. The van der Waals surface area contributed by atoms with Gasteiger partial charge in [-0.1, -0.05) is 164 Å². The highest BCUT2D eigenvalue weighted by Gasteiger charge is 2.25. The number of para-hydroxylation sites is 2. The molecule has 0 atom stereocenters. The number of fused-ring (bicyclic) bond motifs is 7. The van der Waals surface area contributed by atoms with Crippen molar-refractivity contribution in [1.82, 2.24) is 15.0 Å². The molecule has 0 saturated heterocycles. The molecule has 296 valence electrons. The van der Waals surface area contributed by atoms with Gasteiger partial charge in [-0.25, -0.2) is 15.0 Å². The molecule has 0 saturated carbocycles. The van der Waals surface area contributed by atoms with Gasteiger partial charge >= 0.3 is 0 Å². The highest BCUT2D eigenvalue weighted by Crippen LogP contribution is 2.50. The second kappa shape index (κ2) is 15.4. The van der Waals surface area contributed by atoms with E-state index in [0.29, 0.717) is 17.5 Å². The van der Waals surface area contributed by atoms with Gasteiger partial charge in [0.15, 0.2) is 17.5 Å². The van der Waals surface area contributed by atoms with Crippen LogP contribution in [0.2, 0.25) is 0 Å². The molecule has 0 spiro atoms. The van der Waals surface area contributed by atoms with E-state index in [4.69, 9.17) is 19.4 Å². The Kier molecular flexibility index (Phi) is 8.94. The number of hydrogen-bond acceptors (Lipinski definition) is 6. The smallest absolute Gasteiger partial charge is 0.164 e. The summed E-state index contributed by atoms with van der Waals surface area (Å²) in [4.78, 5) is 17.9. The Balaban J connectivity index is 1.14. The standard InChI is InChI=1S/C57H36N4OS/c1-6-18-37(19-7-1)47-34-41(57-59-55(39-22-10-3-11-23-39)58-56(60-57)40-24-12-4-13-25-40)35-48(38-20-8-2-9-21-38)53(47)61(42-26-14-5-15-27-42)43-30-31-44-45-32-33-50-52(54(45)63-51(44)36-43)46-28-16-17-29-49(46)62-50/h1-36H. The van der Waals surface area contributed by atoms with Crippen LogP contribution in [0.3, 0.4) is 0 Å². The van der Waals surface area contributed by atoms with Crippen LogP contribution in [0.15, 0.2) is 223 Å². The van der Waals surface area contributed by atoms with Crippen molar-refractivity contribution in [3.63, 3.8) is 0 Å². The largest absolute Gasteiger partial charge is 0.456 e. The van der Waals surface area contributed by atoms with E-state index in [1.165, 1.54) is 25.6 Å². The number of anilines is 3. The zero-order valence-corrected chi connectivity index (χ0v) is 34.7.